The summed E-state index contributed by atoms with van der Waals surface area (Å²) in [6, 6.07) is 8.79. The number of nitrogens with zero attached hydrogens (tertiary/aromatic N) is 2. The molecule has 1 aromatic carbocycles. The minimum absolute atomic E-state index is 0.349. The number of hydrogen-bond acceptors (Lipinski definition) is 4. The Morgan fingerprint density at radius 2 is 2.22 bits per heavy atom. The molecule has 6 heteroatoms. The SMILES string of the molecule is Cc1nsc(C(=O)Nc2ccccc2C#N)c1Cl. The molecule has 0 unspecified atom stereocenters. The van der Waals surface area contributed by atoms with E-state index in [-0.39, 0.29) is 5.91 Å². The first kappa shape index (κ1) is 12.6. The summed E-state index contributed by atoms with van der Waals surface area (Å²) < 4.78 is 4.01. The zero-order valence-electron chi connectivity index (χ0n) is 9.40. The number of benzene rings is 1. The van der Waals surface area contributed by atoms with Gasteiger partial charge in [0.05, 0.1) is 22.0 Å². The van der Waals surface area contributed by atoms with Gasteiger partial charge in [0.25, 0.3) is 5.91 Å². The van der Waals surface area contributed by atoms with Gasteiger partial charge in [-0.2, -0.15) is 9.64 Å². The van der Waals surface area contributed by atoms with Crippen LogP contribution in [0.25, 0.3) is 0 Å². The minimum atomic E-state index is -0.353. The van der Waals surface area contributed by atoms with E-state index in [0.29, 0.717) is 26.8 Å². The average Bonchev–Trinajstić information content (AvgIpc) is 2.71. The van der Waals surface area contributed by atoms with Crippen LogP contribution in [-0.2, 0) is 0 Å². The number of anilines is 1. The van der Waals surface area contributed by atoms with Crippen LogP contribution in [0, 0.1) is 18.3 Å². The summed E-state index contributed by atoms with van der Waals surface area (Å²) in [4.78, 5) is 12.3. The normalized spacial score (nSPS) is 9.83. The number of carbonyl (C=O) groups is 1. The van der Waals surface area contributed by atoms with Gasteiger partial charge in [0.15, 0.2) is 0 Å². The van der Waals surface area contributed by atoms with E-state index >= 15 is 0 Å². The van der Waals surface area contributed by atoms with Gasteiger partial charge in [0.1, 0.15) is 10.9 Å². The Balaban J connectivity index is 2.28. The molecule has 1 N–H and O–H groups in total. The van der Waals surface area contributed by atoms with Crippen molar-refractivity contribution >= 4 is 34.7 Å². The van der Waals surface area contributed by atoms with Gasteiger partial charge >= 0.3 is 0 Å². The predicted octanol–water partition coefficient (Wildman–Crippen LogP) is 3.23. The van der Waals surface area contributed by atoms with Crippen molar-refractivity contribution in [2.24, 2.45) is 0 Å². The molecule has 18 heavy (non-hydrogen) atoms. The molecule has 0 saturated carbocycles. The summed E-state index contributed by atoms with van der Waals surface area (Å²) in [5, 5.41) is 11.9. The van der Waals surface area contributed by atoms with Crippen molar-refractivity contribution in [1.29, 1.82) is 5.26 Å². The number of para-hydroxylation sites is 1. The molecule has 2 rings (SSSR count). The van der Waals surface area contributed by atoms with Crippen molar-refractivity contribution in [3.63, 3.8) is 0 Å². The fourth-order valence-electron chi connectivity index (χ4n) is 1.37. The molecule has 2 aromatic rings. The van der Waals surface area contributed by atoms with E-state index in [1.165, 1.54) is 0 Å². The first-order valence-corrected chi connectivity index (χ1v) is 6.21. The highest BCUT2D eigenvalue weighted by Gasteiger charge is 2.17. The maximum absolute atomic E-state index is 12.0. The van der Waals surface area contributed by atoms with Crippen LogP contribution >= 0.6 is 23.1 Å². The number of aromatic nitrogens is 1. The summed E-state index contributed by atoms with van der Waals surface area (Å²) in [6.45, 7) is 1.73. The number of nitrogens with one attached hydrogen (secondary N) is 1. The maximum atomic E-state index is 12.0. The molecule has 90 valence electrons. The van der Waals surface area contributed by atoms with Gasteiger partial charge in [0.2, 0.25) is 0 Å². The summed E-state index contributed by atoms with van der Waals surface area (Å²) in [5.41, 5.74) is 1.50. The lowest BCUT2D eigenvalue weighted by molar-refractivity contribution is 0.103. The molecular formula is C12H8ClN3OS. The number of hydrogen-bond donors (Lipinski definition) is 1. The molecule has 1 heterocycles. The van der Waals surface area contributed by atoms with Gasteiger partial charge in [-0.05, 0) is 30.6 Å². The molecule has 0 aliphatic rings. The Bertz CT molecular complexity index is 645. The second kappa shape index (κ2) is 5.17. The number of halogens is 1. The first-order chi connectivity index (χ1) is 8.63. The second-order valence-electron chi connectivity index (χ2n) is 3.52. The predicted molar refractivity (Wildman–Crippen MR) is 71.0 cm³/mol. The fraction of sp³-hybridized carbons (Fsp3) is 0.0833. The third-order valence-corrected chi connectivity index (χ3v) is 3.80. The van der Waals surface area contributed by atoms with Gasteiger partial charge in [-0.1, -0.05) is 23.7 Å². The van der Waals surface area contributed by atoms with E-state index in [1.54, 1.807) is 31.2 Å². The zero-order chi connectivity index (χ0) is 13.1. The quantitative estimate of drug-likeness (QED) is 0.916. The number of nitriles is 1. The highest BCUT2D eigenvalue weighted by atomic mass is 35.5. The Morgan fingerprint density at radius 1 is 1.50 bits per heavy atom. The molecule has 4 nitrogen and oxygen atoms in total. The molecule has 1 aromatic heterocycles. The van der Waals surface area contributed by atoms with Crippen LogP contribution in [0.5, 0.6) is 0 Å². The number of rotatable bonds is 2. The molecule has 0 fully saturated rings. The lowest BCUT2D eigenvalue weighted by atomic mass is 10.2. The van der Waals surface area contributed by atoms with Crippen molar-refractivity contribution in [2.75, 3.05) is 5.32 Å². The molecular weight excluding hydrogens is 270 g/mol. The van der Waals surface area contributed by atoms with Crippen molar-refractivity contribution < 1.29 is 4.79 Å². The lowest BCUT2D eigenvalue weighted by Gasteiger charge is -2.05. The van der Waals surface area contributed by atoms with Crippen molar-refractivity contribution in [3.05, 3.63) is 45.4 Å². The van der Waals surface area contributed by atoms with Crippen LogP contribution < -0.4 is 5.32 Å². The largest absolute Gasteiger partial charge is 0.320 e. The van der Waals surface area contributed by atoms with Gasteiger partial charge in [-0.15, -0.1) is 0 Å². The van der Waals surface area contributed by atoms with Crippen LogP contribution in [0.3, 0.4) is 0 Å². The minimum Gasteiger partial charge on any atom is -0.320 e. The molecule has 0 saturated heterocycles. The van der Waals surface area contributed by atoms with E-state index < -0.39 is 0 Å². The highest BCUT2D eigenvalue weighted by molar-refractivity contribution is 7.09. The Labute approximate surface area is 113 Å². The van der Waals surface area contributed by atoms with Crippen LogP contribution in [-0.4, -0.2) is 10.3 Å². The Morgan fingerprint density at radius 3 is 2.83 bits per heavy atom. The highest BCUT2D eigenvalue weighted by Crippen LogP contribution is 2.25. The third-order valence-electron chi connectivity index (χ3n) is 2.29. The lowest BCUT2D eigenvalue weighted by Crippen LogP contribution is -2.11. The summed E-state index contributed by atoms with van der Waals surface area (Å²) in [7, 11) is 0. The molecule has 0 atom stereocenters. The van der Waals surface area contributed by atoms with Gasteiger partial charge in [0, 0.05) is 0 Å². The molecule has 0 bridgehead atoms. The maximum Gasteiger partial charge on any atom is 0.268 e. The molecule has 0 radical (unpaired) electrons. The van der Waals surface area contributed by atoms with Gasteiger partial charge in [-0.25, -0.2) is 0 Å². The summed E-state index contributed by atoms with van der Waals surface area (Å²) in [6.07, 6.45) is 0. The summed E-state index contributed by atoms with van der Waals surface area (Å²) >= 11 is 7.01. The van der Waals surface area contributed by atoms with Crippen LogP contribution in [0.2, 0.25) is 5.02 Å². The van der Waals surface area contributed by atoms with E-state index in [1.807, 2.05) is 6.07 Å². The van der Waals surface area contributed by atoms with Crippen LogP contribution in [0.4, 0.5) is 5.69 Å². The van der Waals surface area contributed by atoms with Crippen molar-refractivity contribution in [2.45, 2.75) is 6.92 Å². The monoisotopic (exact) mass is 277 g/mol. The van der Waals surface area contributed by atoms with Gasteiger partial charge < -0.3 is 5.32 Å². The van der Waals surface area contributed by atoms with Crippen LogP contribution in [0.1, 0.15) is 20.9 Å². The number of amides is 1. The standard InChI is InChI=1S/C12H8ClN3OS/c1-7-10(13)11(18-16-7)12(17)15-9-5-3-2-4-8(9)6-14/h2-5H,1H3,(H,15,17). The van der Waals surface area contributed by atoms with Crippen LogP contribution in [0.15, 0.2) is 24.3 Å². The van der Waals surface area contributed by atoms with E-state index in [4.69, 9.17) is 16.9 Å². The zero-order valence-corrected chi connectivity index (χ0v) is 11.0. The van der Waals surface area contributed by atoms with E-state index in [2.05, 4.69) is 9.69 Å². The average molecular weight is 278 g/mol. The summed E-state index contributed by atoms with van der Waals surface area (Å²) in [5.74, 6) is -0.353. The van der Waals surface area contributed by atoms with Gasteiger partial charge in [-0.3, -0.25) is 4.79 Å². The molecule has 0 spiro atoms. The number of carbonyl (C=O) groups excluding carboxylic acids is 1. The Kier molecular flexibility index (Phi) is 3.60. The molecule has 0 aliphatic heterocycles. The molecule has 0 aliphatic carbocycles. The first-order valence-electron chi connectivity index (χ1n) is 5.05. The van der Waals surface area contributed by atoms with Crippen molar-refractivity contribution in [3.8, 4) is 6.07 Å². The third kappa shape index (κ3) is 2.35. The Hall–Kier alpha value is -1.90. The molecule has 1 amide bonds. The van der Waals surface area contributed by atoms with E-state index in [9.17, 15) is 4.79 Å². The second-order valence-corrected chi connectivity index (χ2v) is 4.67. The van der Waals surface area contributed by atoms with Crippen molar-refractivity contribution in [1.82, 2.24) is 4.37 Å². The van der Waals surface area contributed by atoms with E-state index in [0.717, 1.165) is 11.5 Å². The fourth-order valence-corrected chi connectivity index (χ4v) is 2.33. The smallest absolute Gasteiger partial charge is 0.268 e. The topological polar surface area (TPSA) is 65.8 Å². The number of aryl methyl sites for hydroxylation is 1.